The zero-order chi connectivity index (χ0) is 17.6. The number of nitrogens with zero attached hydrogens (tertiary/aromatic N) is 5. The van der Waals surface area contributed by atoms with Crippen molar-refractivity contribution in [3.05, 3.63) is 30.0 Å². The molecule has 0 amide bonds. The predicted molar refractivity (Wildman–Crippen MR) is 93.9 cm³/mol. The lowest BCUT2D eigenvalue weighted by Gasteiger charge is -2.35. The van der Waals surface area contributed by atoms with Crippen LogP contribution < -0.4 is 9.64 Å². The highest BCUT2D eigenvalue weighted by molar-refractivity contribution is 5.51. The zero-order valence-electron chi connectivity index (χ0n) is 14.4. The minimum Gasteiger partial charge on any atom is -0.494 e. The lowest BCUT2D eigenvalue weighted by atomic mass is 9.99. The highest BCUT2D eigenvalue weighted by atomic mass is 16.5. The lowest BCUT2D eigenvalue weighted by molar-refractivity contribution is 0.262. The SMILES string of the molecule is CCOc1ccc(-n2nc(C#N)c(N3CCCCC3CCO)n2)cc1. The molecule has 7 nitrogen and oxygen atoms in total. The van der Waals surface area contributed by atoms with Crippen LogP contribution in [-0.2, 0) is 0 Å². The van der Waals surface area contributed by atoms with Gasteiger partial charge in [0, 0.05) is 19.2 Å². The van der Waals surface area contributed by atoms with Crippen molar-refractivity contribution in [1.82, 2.24) is 15.0 Å². The van der Waals surface area contributed by atoms with E-state index in [0.29, 0.717) is 24.5 Å². The van der Waals surface area contributed by atoms with Gasteiger partial charge in [0.2, 0.25) is 5.69 Å². The van der Waals surface area contributed by atoms with Crippen LogP contribution in [0.3, 0.4) is 0 Å². The van der Waals surface area contributed by atoms with Gasteiger partial charge in [-0.2, -0.15) is 5.26 Å². The smallest absolute Gasteiger partial charge is 0.207 e. The first-order valence-electron chi connectivity index (χ1n) is 8.75. The summed E-state index contributed by atoms with van der Waals surface area (Å²) in [5, 5.41) is 27.7. The van der Waals surface area contributed by atoms with Gasteiger partial charge in [0.1, 0.15) is 11.8 Å². The predicted octanol–water partition coefficient (Wildman–Crippen LogP) is 2.28. The summed E-state index contributed by atoms with van der Waals surface area (Å²) in [6, 6.07) is 9.83. The van der Waals surface area contributed by atoms with E-state index in [2.05, 4.69) is 21.2 Å². The van der Waals surface area contributed by atoms with Gasteiger partial charge in [-0.1, -0.05) is 0 Å². The van der Waals surface area contributed by atoms with Crippen LogP contribution in [0.2, 0.25) is 0 Å². The summed E-state index contributed by atoms with van der Waals surface area (Å²) < 4.78 is 5.45. The number of hydrogen-bond donors (Lipinski definition) is 1. The monoisotopic (exact) mass is 341 g/mol. The molecule has 0 saturated carbocycles. The maximum atomic E-state index is 9.48. The Bertz CT molecular complexity index is 733. The molecule has 3 rings (SSSR count). The molecule has 1 aliphatic rings. The Hall–Kier alpha value is -2.59. The standard InChI is InChI=1S/C18H23N5O2/c1-2-25-16-8-6-15(7-9-16)23-20-17(13-19)18(21-23)22-11-4-3-5-14(22)10-12-24/h6-9,14,24H,2-5,10-12H2,1H3. The summed E-state index contributed by atoms with van der Waals surface area (Å²) in [6.45, 7) is 3.52. The fourth-order valence-corrected chi connectivity index (χ4v) is 3.25. The van der Waals surface area contributed by atoms with E-state index in [1.54, 1.807) is 0 Å². The average Bonchev–Trinajstić information content (AvgIpc) is 3.07. The van der Waals surface area contributed by atoms with Crippen molar-refractivity contribution < 1.29 is 9.84 Å². The number of ether oxygens (including phenoxy) is 1. The van der Waals surface area contributed by atoms with Gasteiger partial charge in [-0.05, 0) is 56.9 Å². The number of rotatable bonds is 6. The molecule has 7 heteroatoms. The zero-order valence-corrected chi connectivity index (χ0v) is 14.4. The average molecular weight is 341 g/mol. The molecule has 1 aliphatic heterocycles. The van der Waals surface area contributed by atoms with Crippen LogP contribution in [0.4, 0.5) is 5.82 Å². The normalized spacial score (nSPS) is 17.3. The maximum absolute atomic E-state index is 9.48. The Balaban J connectivity index is 1.89. The minimum atomic E-state index is 0.135. The number of nitriles is 1. The summed E-state index contributed by atoms with van der Waals surface area (Å²) in [5.41, 5.74) is 1.10. The number of benzene rings is 1. The molecule has 0 aliphatic carbocycles. The Labute approximate surface area is 147 Å². The van der Waals surface area contributed by atoms with Gasteiger partial charge in [-0.25, -0.2) is 0 Å². The molecule has 1 aromatic heterocycles. The van der Waals surface area contributed by atoms with E-state index in [-0.39, 0.29) is 12.6 Å². The third-order valence-corrected chi connectivity index (χ3v) is 4.44. The van der Waals surface area contributed by atoms with Gasteiger partial charge in [-0.3, -0.25) is 0 Å². The quantitative estimate of drug-likeness (QED) is 0.867. The second kappa shape index (κ2) is 7.99. The molecule has 1 atom stereocenters. The number of piperidine rings is 1. The van der Waals surface area contributed by atoms with Gasteiger partial charge in [0.25, 0.3) is 0 Å². The van der Waals surface area contributed by atoms with Crippen LogP contribution in [0.1, 0.15) is 38.3 Å². The third-order valence-electron chi connectivity index (χ3n) is 4.44. The molecule has 2 aromatic rings. The van der Waals surface area contributed by atoms with E-state index >= 15 is 0 Å². The number of aromatic nitrogens is 3. The van der Waals surface area contributed by atoms with Crippen molar-refractivity contribution in [2.45, 2.75) is 38.6 Å². The first kappa shape index (κ1) is 17.2. The van der Waals surface area contributed by atoms with Crippen LogP contribution in [0.15, 0.2) is 24.3 Å². The van der Waals surface area contributed by atoms with Crippen molar-refractivity contribution >= 4 is 5.82 Å². The number of aliphatic hydroxyl groups excluding tert-OH is 1. The lowest BCUT2D eigenvalue weighted by Crippen LogP contribution is -2.40. The highest BCUT2D eigenvalue weighted by Gasteiger charge is 2.27. The molecule has 25 heavy (non-hydrogen) atoms. The third kappa shape index (κ3) is 3.74. The van der Waals surface area contributed by atoms with Crippen LogP contribution in [0.5, 0.6) is 5.75 Å². The summed E-state index contributed by atoms with van der Waals surface area (Å²) >= 11 is 0. The fraction of sp³-hybridized carbons (Fsp3) is 0.500. The van der Waals surface area contributed by atoms with Gasteiger partial charge >= 0.3 is 0 Å². The summed E-state index contributed by atoms with van der Waals surface area (Å²) in [4.78, 5) is 3.62. The first-order valence-corrected chi connectivity index (χ1v) is 8.75. The van der Waals surface area contributed by atoms with E-state index in [1.165, 1.54) is 4.80 Å². The molecule has 1 N–H and O–H groups in total. The van der Waals surface area contributed by atoms with Crippen LogP contribution >= 0.6 is 0 Å². The molecule has 1 fully saturated rings. The molecular weight excluding hydrogens is 318 g/mol. The Morgan fingerprint density at radius 1 is 1.28 bits per heavy atom. The largest absolute Gasteiger partial charge is 0.494 e. The molecule has 132 valence electrons. The molecule has 1 aromatic carbocycles. The van der Waals surface area contributed by atoms with Gasteiger partial charge in [-0.15, -0.1) is 15.0 Å². The Morgan fingerprint density at radius 2 is 2.08 bits per heavy atom. The summed E-state index contributed by atoms with van der Waals surface area (Å²) in [5.74, 6) is 1.40. The molecule has 1 saturated heterocycles. The highest BCUT2D eigenvalue weighted by Crippen LogP contribution is 2.27. The van der Waals surface area contributed by atoms with Gasteiger partial charge < -0.3 is 14.7 Å². The number of aliphatic hydroxyl groups is 1. The first-order chi connectivity index (χ1) is 12.3. The molecule has 1 unspecified atom stereocenters. The fourth-order valence-electron chi connectivity index (χ4n) is 3.25. The molecule has 0 bridgehead atoms. The van der Waals surface area contributed by atoms with E-state index in [0.717, 1.165) is 37.2 Å². The number of anilines is 1. The second-order valence-electron chi connectivity index (χ2n) is 6.06. The van der Waals surface area contributed by atoms with Gasteiger partial charge in [0.15, 0.2) is 5.82 Å². The summed E-state index contributed by atoms with van der Waals surface area (Å²) in [7, 11) is 0. The second-order valence-corrected chi connectivity index (χ2v) is 6.06. The van der Waals surface area contributed by atoms with E-state index < -0.39 is 0 Å². The van der Waals surface area contributed by atoms with E-state index in [9.17, 15) is 10.4 Å². The maximum Gasteiger partial charge on any atom is 0.207 e. The molecular formula is C18H23N5O2. The topological polar surface area (TPSA) is 87.2 Å². The van der Waals surface area contributed by atoms with Gasteiger partial charge in [0.05, 0.1) is 12.3 Å². The molecule has 0 spiro atoms. The molecule has 2 heterocycles. The Kier molecular flexibility index (Phi) is 5.51. The van der Waals surface area contributed by atoms with Crippen molar-refractivity contribution in [1.29, 1.82) is 5.26 Å². The van der Waals surface area contributed by atoms with E-state index in [1.807, 2.05) is 31.2 Å². The van der Waals surface area contributed by atoms with Crippen LogP contribution in [0, 0.1) is 11.3 Å². The Morgan fingerprint density at radius 3 is 2.76 bits per heavy atom. The molecule has 0 radical (unpaired) electrons. The number of hydrogen-bond acceptors (Lipinski definition) is 6. The van der Waals surface area contributed by atoms with Crippen LogP contribution in [0.25, 0.3) is 5.69 Å². The minimum absolute atomic E-state index is 0.135. The van der Waals surface area contributed by atoms with Crippen molar-refractivity contribution in [2.24, 2.45) is 0 Å². The van der Waals surface area contributed by atoms with Crippen LogP contribution in [-0.4, -0.2) is 45.9 Å². The van der Waals surface area contributed by atoms with Crippen molar-refractivity contribution in [3.8, 4) is 17.5 Å². The van der Waals surface area contributed by atoms with E-state index in [4.69, 9.17) is 4.74 Å². The summed E-state index contributed by atoms with van der Waals surface area (Å²) in [6.07, 6.45) is 3.88. The van der Waals surface area contributed by atoms with Crippen molar-refractivity contribution in [2.75, 3.05) is 24.7 Å². The van der Waals surface area contributed by atoms with Crippen molar-refractivity contribution in [3.63, 3.8) is 0 Å².